The van der Waals surface area contributed by atoms with Crippen molar-refractivity contribution in [3.05, 3.63) is 83.0 Å². The quantitative estimate of drug-likeness (QED) is 0.446. The molecule has 7 heteroatoms. The topological polar surface area (TPSA) is 70.7 Å². The van der Waals surface area contributed by atoms with Crippen LogP contribution in [0.25, 0.3) is 33.4 Å². The highest BCUT2D eigenvalue weighted by atomic mass is 16.5. The minimum Gasteiger partial charge on any atom is -0.497 e. The van der Waals surface area contributed by atoms with Crippen molar-refractivity contribution in [3.63, 3.8) is 0 Å². The molecule has 0 bridgehead atoms. The molecule has 0 aliphatic carbocycles. The zero-order chi connectivity index (χ0) is 21.5. The van der Waals surface area contributed by atoms with Crippen molar-refractivity contribution < 1.29 is 9.47 Å². The fraction of sp³-hybridized carbons (Fsp3) is 0.125. The number of hydrogen-bond acceptors (Lipinski definition) is 5. The van der Waals surface area contributed by atoms with E-state index in [1.807, 2.05) is 61.5 Å². The number of pyridine rings is 1. The van der Waals surface area contributed by atoms with E-state index in [4.69, 9.17) is 9.47 Å². The summed E-state index contributed by atoms with van der Waals surface area (Å²) in [5.41, 5.74) is 4.72. The molecule has 0 fully saturated rings. The second-order valence-electron chi connectivity index (χ2n) is 7.17. The summed E-state index contributed by atoms with van der Waals surface area (Å²) in [4.78, 5) is 17.8. The lowest BCUT2D eigenvalue weighted by molar-refractivity contribution is 0.414. The van der Waals surface area contributed by atoms with Crippen LogP contribution >= 0.6 is 0 Å². The van der Waals surface area contributed by atoms with Crippen LogP contribution < -0.4 is 15.0 Å². The Labute approximate surface area is 178 Å². The van der Waals surface area contributed by atoms with Crippen LogP contribution in [0.4, 0.5) is 0 Å². The standard InChI is InChI=1S/C24H20N4O3/c1-15-22(16-7-9-18(30-2)10-8-16)23-25-14-20-21(28(23)26-15)11-12-27(24(20)29)17-5-4-6-19(13-17)31-3/h4-14H,1-3H3. The first-order chi connectivity index (χ1) is 15.1. The Morgan fingerprint density at radius 2 is 1.71 bits per heavy atom. The molecule has 0 amide bonds. The molecule has 0 unspecified atom stereocenters. The van der Waals surface area contributed by atoms with Gasteiger partial charge in [-0.3, -0.25) is 9.36 Å². The van der Waals surface area contributed by atoms with Gasteiger partial charge in [-0.1, -0.05) is 18.2 Å². The van der Waals surface area contributed by atoms with Crippen LogP contribution in [0.3, 0.4) is 0 Å². The number of rotatable bonds is 4. The zero-order valence-corrected chi connectivity index (χ0v) is 17.4. The second-order valence-corrected chi connectivity index (χ2v) is 7.17. The highest BCUT2D eigenvalue weighted by Crippen LogP contribution is 2.30. The van der Waals surface area contributed by atoms with E-state index in [0.717, 1.165) is 28.3 Å². The monoisotopic (exact) mass is 412 g/mol. The SMILES string of the molecule is COc1ccc(-c2c(C)nn3c2ncc2c(=O)n(-c4cccc(OC)c4)ccc23)cc1. The molecule has 7 nitrogen and oxygen atoms in total. The second kappa shape index (κ2) is 7.28. The van der Waals surface area contributed by atoms with Crippen molar-refractivity contribution in [2.45, 2.75) is 6.92 Å². The maximum absolute atomic E-state index is 13.2. The minimum atomic E-state index is -0.167. The van der Waals surface area contributed by atoms with Crippen LogP contribution in [0.1, 0.15) is 5.69 Å². The largest absolute Gasteiger partial charge is 0.497 e. The number of nitrogens with zero attached hydrogens (tertiary/aromatic N) is 4. The summed E-state index contributed by atoms with van der Waals surface area (Å²) in [5, 5.41) is 5.17. The smallest absolute Gasteiger partial charge is 0.266 e. The lowest BCUT2D eigenvalue weighted by Gasteiger charge is -2.09. The van der Waals surface area contributed by atoms with E-state index in [1.54, 1.807) is 35.7 Å². The molecule has 0 atom stereocenters. The van der Waals surface area contributed by atoms with Gasteiger partial charge in [0.15, 0.2) is 5.65 Å². The molecule has 31 heavy (non-hydrogen) atoms. The molecule has 0 aliphatic heterocycles. The number of hydrogen-bond donors (Lipinski definition) is 0. The fourth-order valence-electron chi connectivity index (χ4n) is 3.84. The third-order valence-corrected chi connectivity index (χ3v) is 5.40. The Bertz CT molecular complexity index is 1480. The van der Waals surface area contributed by atoms with Gasteiger partial charge >= 0.3 is 0 Å². The molecule has 0 radical (unpaired) electrons. The number of aromatic nitrogens is 4. The van der Waals surface area contributed by atoms with Crippen LogP contribution in [-0.4, -0.2) is 33.4 Å². The number of fused-ring (bicyclic) bond motifs is 3. The van der Waals surface area contributed by atoms with Gasteiger partial charge in [0, 0.05) is 24.0 Å². The summed E-state index contributed by atoms with van der Waals surface area (Å²) >= 11 is 0. The highest BCUT2D eigenvalue weighted by Gasteiger charge is 2.17. The van der Waals surface area contributed by atoms with Gasteiger partial charge in [0.2, 0.25) is 0 Å². The summed E-state index contributed by atoms with van der Waals surface area (Å²) in [6, 6.07) is 17.0. The van der Waals surface area contributed by atoms with Crippen LogP contribution in [0.2, 0.25) is 0 Å². The molecule has 5 aromatic rings. The molecule has 5 rings (SSSR count). The average molecular weight is 412 g/mol. The van der Waals surface area contributed by atoms with E-state index < -0.39 is 0 Å². The first-order valence-electron chi connectivity index (χ1n) is 9.79. The van der Waals surface area contributed by atoms with Crippen molar-refractivity contribution in [3.8, 4) is 28.3 Å². The third kappa shape index (κ3) is 3.02. The van der Waals surface area contributed by atoms with Crippen LogP contribution in [0.15, 0.2) is 71.8 Å². The van der Waals surface area contributed by atoms with E-state index in [9.17, 15) is 4.79 Å². The molecule has 154 valence electrons. The van der Waals surface area contributed by atoms with Gasteiger partial charge in [-0.05, 0) is 42.8 Å². The normalized spacial score (nSPS) is 11.2. The molecule has 2 aromatic carbocycles. The first kappa shape index (κ1) is 18.9. The molecule has 0 N–H and O–H groups in total. The van der Waals surface area contributed by atoms with Gasteiger partial charge in [0.25, 0.3) is 5.56 Å². The van der Waals surface area contributed by atoms with Crippen molar-refractivity contribution in [1.82, 2.24) is 19.2 Å². The van der Waals surface area contributed by atoms with Gasteiger partial charge in [-0.15, -0.1) is 0 Å². The summed E-state index contributed by atoms with van der Waals surface area (Å²) in [5.74, 6) is 1.47. The Kier molecular flexibility index (Phi) is 4.43. The Balaban J connectivity index is 1.71. The number of methoxy groups -OCH3 is 2. The zero-order valence-electron chi connectivity index (χ0n) is 17.4. The first-order valence-corrected chi connectivity index (χ1v) is 9.79. The minimum absolute atomic E-state index is 0.167. The third-order valence-electron chi connectivity index (χ3n) is 5.40. The van der Waals surface area contributed by atoms with Crippen molar-refractivity contribution in [2.24, 2.45) is 0 Å². The lowest BCUT2D eigenvalue weighted by atomic mass is 10.1. The number of aryl methyl sites for hydroxylation is 1. The van der Waals surface area contributed by atoms with E-state index in [2.05, 4.69) is 10.1 Å². The van der Waals surface area contributed by atoms with Crippen LogP contribution in [0, 0.1) is 6.92 Å². The van der Waals surface area contributed by atoms with Gasteiger partial charge in [-0.25, -0.2) is 9.50 Å². The molecule has 3 aromatic heterocycles. The summed E-state index contributed by atoms with van der Waals surface area (Å²) < 4.78 is 13.9. The van der Waals surface area contributed by atoms with Gasteiger partial charge < -0.3 is 9.47 Å². The molecular formula is C24H20N4O3. The van der Waals surface area contributed by atoms with E-state index in [1.165, 1.54) is 0 Å². The summed E-state index contributed by atoms with van der Waals surface area (Å²) in [6.07, 6.45) is 3.38. The van der Waals surface area contributed by atoms with Crippen LogP contribution in [0.5, 0.6) is 11.5 Å². The predicted molar refractivity (Wildman–Crippen MR) is 119 cm³/mol. The van der Waals surface area contributed by atoms with Gasteiger partial charge in [0.1, 0.15) is 11.5 Å². The molecule has 0 spiro atoms. The maximum atomic E-state index is 13.2. The summed E-state index contributed by atoms with van der Waals surface area (Å²) in [6.45, 7) is 1.94. The van der Waals surface area contributed by atoms with Crippen LogP contribution in [-0.2, 0) is 0 Å². The molecule has 0 saturated heterocycles. The highest BCUT2D eigenvalue weighted by molar-refractivity contribution is 5.86. The average Bonchev–Trinajstić information content (AvgIpc) is 3.15. The van der Waals surface area contributed by atoms with Crippen molar-refractivity contribution in [1.29, 1.82) is 0 Å². The number of benzene rings is 2. The molecule has 0 aliphatic rings. The molecular weight excluding hydrogens is 392 g/mol. The fourth-order valence-corrected chi connectivity index (χ4v) is 3.84. The van der Waals surface area contributed by atoms with Gasteiger partial charge in [0.05, 0.1) is 36.5 Å². The predicted octanol–water partition coefficient (Wildman–Crippen LogP) is 4.03. The van der Waals surface area contributed by atoms with Crippen molar-refractivity contribution >= 4 is 16.6 Å². The van der Waals surface area contributed by atoms with E-state index in [-0.39, 0.29) is 5.56 Å². The Morgan fingerprint density at radius 3 is 2.45 bits per heavy atom. The van der Waals surface area contributed by atoms with E-state index >= 15 is 0 Å². The lowest BCUT2D eigenvalue weighted by Crippen LogP contribution is -2.18. The maximum Gasteiger partial charge on any atom is 0.266 e. The van der Waals surface area contributed by atoms with E-state index in [0.29, 0.717) is 22.3 Å². The Hall–Kier alpha value is -4.13. The molecule has 0 saturated carbocycles. The Morgan fingerprint density at radius 1 is 0.935 bits per heavy atom. The van der Waals surface area contributed by atoms with Crippen molar-refractivity contribution in [2.75, 3.05) is 14.2 Å². The molecule has 3 heterocycles. The summed E-state index contributed by atoms with van der Waals surface area (Å²) in [7, 11) is 3.24. The number of ether oxygens (including phenoxy) is 2. The van der Waals surface area contributed by atoms with Gasteiger partial charge in [-0.2, -0.15) is 5.10 Å².